The van der Waals surface area contributed by atoms with Gasteiger partial charge in [-0.1, -0.05) is 12.8 Å². The number of nitrogens with zero attached hydrogens (tertiary/aromatic N) is 2. The lowest BCUT2D eigenvalue weighted by atomic mass is 9.71. The van der Waals surface area contributed by atoms with Gasteiger partial charge in [-0.2, -0.15) is 0 Å². The maximum atomic E-state index is 10.6. The zero-order valence-electron chi connectivity index (χ0n) is 10.7. The van der Waals surface area contributed by atoms with E-state index in [1.165, 1.54) is 12.8 Å². The van der Waals surface area contributed by atoms with Crippen molar-refractivity contribution in [2.75, 3.05) is 23.7 Å². The molecule has 1 aliphatic heterocycles. The molecule has 0 spiro atoms. The Morgan fingerprint density at radius 3 is 3.11 bits per heavy atom. The van der Waals surface area contributed by atoms with Crippen LogP contribution in [0, 0.1) is 5.92 Å². The van der Waals surface area contributed by atoms with Crippen molar-refractivity contribution in [2.45, 2.75) is 37.7 Å². The van der Waals surface area contributed by atoms with Gasteiger partial charge < -0.3 is 15.7 Å². The molecule has 2 atom stereocenters. The van der Waals surface area contributed by atoms with Crippen molar-refractivity contribution in [3.05, 3.63) is 18.3 Å². The molecule has 0 bridgehead atoms. The number of rotatable bonds is 1. The summed E-state index contributed by atoms with van der Waals surface area (Å²) in [6.45, 7) is 1.86. The molecular formula is C14H21N3O. The van der Waals surface area contributed by atoms with Crippen LogP contribution in [-0.2, 0) is 0 Å². The van der Waals surface area contributed by atoms with Gasteiger partial charge in [0.1, 0.15) is 5.82 Å². The van der Waals surface area contributed by atoms with Gasteiger partial charge in [0, 0.05) is 37.0 Å². The SMILES string of the molecule is Nc1cc(N2CCC3(O)CCCCC3C2)ccn1. The summed E-state index contributed by atoms with van der Waals surface area (Å²) in [4.78, 5) is 6.37. The minimum Gasteiger partial charge on any atom is -0.389 e. The molecule has 0 radical (unpaired) electrons. The lowest BCUT2D eigenvalue weighted by Crippen LogP contribution is -2.53. The van der Waals surface area contributed by atoms with E-state index in [9.17, 15) is 5.11 Å². The summed E-state index contributed by atoms with van der Waals surface area (Å²) in [5, 5.41) is 10.6. The van der Waals surface area contributed by atoms with Crippen LogP contribution in [0.4, 0.5) is 11.5 Å². The second kappa shape index (κ2) is 4.43. The molecule has 98 valence electrons. The van der Waals surface area contributed by atoms with E-state index in [1.807, 2.05) is 12.1 Å². The molecule has 2 unspecified atom stereocenters. The molecule has 18 heavy (non-hydrogen) atoms. The fourth-order valence-electron chi connectivity index (χ4n) is 3.44. The lowest BCUT2D eigenvalue weighted by molar-refractivity contribution is -0.0612. The summed E-state index contributed by atoms with van der Waals surface area (Å²) in [5.41, 5.74) is 6.46. The molecule has 1 aromatic rings. The second-order valence-electron chi connectivity index (χ2n) is 5.68. The van der Waals surface area contributed by atoms with Crippen LogP contribution in [0.2, 0.25) is 0 Å². The number of anilines is 2. The Labute approximate surface area is 108 Å². The van der Waals surface area contributed by atoms with E-state index in [0.717, 1.165) is 38.0 Å². The summed E-state index contributed by atoms with van der Waals surface area (Å²) < 4.78 is 0. The first-order chi connectivity index (χ1) is 8.67. The van der Waals surface area contributed by atoms with E-state index in [-0.39, 0.29) is 0 Å². The average Bonchev–Trinajstić information content (AvgIpc) is 2.37. The normalized spacial score (nSPS) is 32.1. The highest BCUT2D eigenvalue weighted by Gasteiger charge is 2.42. The first-order valence-corrected chi connectivity index (χ1v) is 6.86. The maximum absolute atomic E-state index is 10.6. The number of aliphatic hydroxyl groups is 1. The minimum atomic E-state index is -0.409. The van der Waals surface area contributed by atoms with Crippen molar-refractivity contribution in [2.24, 2.45) is 5.92 Å². The van der Waals surface area contributed by atoms with E-state index in [4.69, 9.17) is 5.73 Å². The molecule has 1 aliphatic carbocycles. The van der Waals surface area contributed by atoms with Crippen LogP contribution < -0.4 is 10.6 Å². The molecule has 4 nitrogen and oxygen atoms in total. The van der Waals surface area contributed by atoms with Crippen molar-refractivity contribution in [1.82, 2.24) is 4.98 Å². The third-order valence-electron chi connectivity index (χ3n) is 4.56. The van der Waals surface area contributed by atoms with E-state index < -0.39 is 5.60 Å². The molecule has 0 amide bonds. The molecule has 4 heteroatoms. The van der Waals surface area contributed by atoms with E-state index in [2.05, 4.69) is 9.88 Å². The maximum Gasteiger partial charge on any atom is 0.125 e. The zero-order valence-corrected chi connectivity index (χ0v) is 10.7. The molecule has 3 rings (SSSR count). The van der Waals surface area contributed by atoms with Gasteiger partial charge in [-0.25, -0.2) is 4.98 Å². The largest absolute Gasteiger partial charge is 0.389 e. The smallest absolute Gasteiger partial charge is 0.125 e. The Morgan fingerprint density at radius 1 is 1.39 bits per heavy atom. The molecule has 1 saturated carbocycles. The Balaban J connectivity index is 1.77. The summed E-state index contributed by atoms with van der Waals surface area (Å²) in [6, 6.07) is 3.93. The van der Waals surface area contributed by atoms with Gasteiger partial charge in [0.2, 0.25) is 0 Å². The highest BCUT2D eigenvalue weighted by molar-refractivity contribution is 5.52. The molecule has 2 fully saturated rings. The van der Waals surface area contributed by atoms with Crippen molar-refractivity contribution in [3.8, 4) is 0 Å². The number of fused-ring (bicyclic) bond motifs is 1. The minimum absolute atomic E-state index is 0.409. The molecule has 0 aromatic carbocycles. The Hall–Kier alpha value is -1.29. The number of hydrogen-bond acceptors (Lipinski definition) is 4. The summed E-state index contributed by atoms with van der Waals surface area (Å²) >= 11 is 0. The van der Waals surface area contributed by atoms with Gasteiger partial charge in [0.15, 0.2) is 0 Å². The Morgan fingerprint density at radius 2 is 2.28 bits per heavy atom. The predicted octanol–water partition coefficient (Wildman–Crippen LogP) is 1.80. The predicted molar refractivity (Wildman–Crippen MR) is 72.4 cm³/mol. The molecular weight excluding hydrogens is 226 g/mol. The quantitative estimate of drug-likeness (QED) is 0.794. The fraction of sp³-hybridized carbons (Fsp3) is 0.643. The second-order valence-corrected chi connectivity index (χ2v) is 5.68. The van der Waals surface area contributed by atoms with Crippen molar-refractivity contribution >= 4 is 11.5 Å². The van der Waals surface area contributed by atoms with Crippen LogP contribution >= 0.6 is 0 Å². The monoisotopic (exact) mass is 247 g/mol. The van der Waals surface area contributed by atoms with Crippen LogP contribution in [-0.4, -0.2) is 28.8 Å². The first kappa shape index (κ1) is 11.8. The number of pyridine rings is 1. The summed E-state index contributed by atoms with van der Waals surface area (Å²) in [7, 11) is 0. The fourth-order valence-corrected chi connectivity index (χ4v) is 3.44. The molecule has 2 aliphatic rings. The van der Waals surface area contributed by atoms with Gasteiger partial charge in [0.05, 0.1) is 5.60 Å². The third kappa shape index (κ3) is 2.05. The van der Waals surface area contributed by atoms with Crippen molar-refractivity contribution in [3.63, 3.8) is 0 Å². The average molecular weight is 247 g/mol. The number of nitrogen functional groups attached to an aromatic ring is 1. The van der Waals surface area contributed by atoms with Crippen LogP contribution in [0.25, 0.3) is 0 Å². The van der Waals surface area contributed by atoms with E-state index in [0.29, 0.717) is 11.7 Å². The molecule has 1 saturated heterocycles. The van der Waals surface area contributed by atoms with E-state index >= 15 is 0 Å². The van der Waals surface area contributed by atoms with Gasteiger partial charge in [0.25, 0.3) is 0 Å². The van der Waals surface area contributed by atoms with Crippen molar-refractivity contribution < 1.29 is 5.11 Å². The van der Waals surface area contributed by atoms with Crippen LogP contribution in [0.15, 0.2) is 18.3 Å². The highest BCUT2D eigenvalue weighted by Crippen LogP contribution is 2.40. The number of aromatic nitrogens is 1. The summed E-state index contributed by atoms with van der Waals surface area (Å²) in [5.74, 6) is 0.978. The van der Waals surface area contributed by atoms with E-state index in [1.54, 1.807) is 6.20 Å². The van der Waals surface area contributed by atoms with Gasteiger partial charge >= 0.3 is 0 Å². The lowest BCUT2D eigenvalue weighted by Gasteiger charge is -2.48. The number of hydrogen-bond donors (Lipinski definition) is 2. The van der Waals surface area contributed by atoms with Gasteiger partial charge in [-0.3, -0.25) is 0 Å². The Kier molecular flexibility index (Phi) is 2.90. The number of piperidine rings is 1. The summed E-state index contributed by atoms with van der Waals surface area (Å²) in [6.07, 6.45) is 7.18. The first-order valence-electron chi connectivity index (χ1n) is 6.86. The van der Waals surface area contributed by atoms with Crippen LogP contribution in [0.1, 0.15) is 32.1 Å². The number of nitrogens with two attached hydrogens (primary N) is 1. The van der Waals surface area contributed by atoms with Gasteiger partial charge in [-0.05, 0) is 25.3 Å². The Bertz CT molecular complexity index is 437. The molecule has 3 N–H and O–H groups in total. The molecule has 1 aromatic heterocycles. The third-order valence-corrected chi connectivity index (χ3v) is 4.56. The van der Waals surface area contributed by atoms with Gasteiger partial charge in [-0.15, -0.1) is 0 Å². The topological polar surface area (TPSA) is 62.4 Å². The van der Waals surface area contributed by atoms with Crippen molar-refractivity contribution in [1.29, 1.82) is 0 Å². The van der Waals surface area contributed by atoms with Crippen LogP contribution in [0.5, 0.6) is 0 Å². The highest BCUT2D eigenvalue weighted by atomic mass is 16.3. The standard InChI is InChI=1S/C14H21N3O/c15-13-9-12(4-7-16-13)17-8-6-14(18)5-2-1-3-11(14)10-17/h4,7,9,11,18H,1-3,5-6,8,10H2,(H2,15,16). The molecule has 2 heterocycles. The van der Waals surface area contributed by atoms with Crippen LogP contribution in [0.3, 0.4) is 0 Å². The zero-order chi connectivity index (χ0) is 12.6.